The maximum atomic E-state index is 13.2. The predicted octanol–water partition coefficient (Wildman–Crippen LogP) is 18.8. The number of carbonyl (C=O) groups is 7. The second kappa shape index (κ2) is 46.8. The van der Waals surface area contributed by atoms with Gasteiger partial charge in [-0.25, -0.2) is 47.7 Å². The van der Waals surface area contributed by atoms with Crippen LogP contribution >= 0.6 is 31.9 Å². The van der Waals surface area contributed by atoms with Gasteiger partial charge < -0.3 is 63.3 Å². The largest absolute Gasteiger partial charge is 0.479 e. The molecular weight excluding hydrogens is 2020 g/mol. The fraction of sp³-hybridized carbons (Fsp3) is 0.318. The summed E-state index contributed by atoms with van der Waals surface area (Å²) < 4.78 is 98.5. The molecule has 0 spiro atoms. The Balaban J connectivity index is 0.000000138. The first-order valence-corrected chi connectivity index (χ1v) is 49.8. The highest BCUT2D eigenvalue weighted by Crippen LogP contribution is 2.45. The van der Waals surface area contributed by atoms with Crippen molar-refractivity contribution in [3.63, 3.8) is 0 Å². The number of carbonyl (C=O) groups excluding carboxylic acids is 7. The van der Waals surface area contributed by atoms with Crippen LogP contribution in [0.4, 0.5) is 13.2 Å². The van der Waals surface area contributed by atoms with Crippen LogP contribution in [0.5, 0.6) is 46.4 Å². The molecule has 32 nitrogen and oxygen atoms in total. The lowest BCUT2D eigenvalue weighted by Crippen LogP contribution is -2.37. The lowest BCUT2D eigenvalue weighted by molar-refractivity contribution is -0.143. The third-order valence-corrected chi connectivity index (χ3v) is 25.8. The number of alkyl halides is 2. The van der Waals surface area contributed by atoms with Gasteiger partial charge in [0.15, 0.2) is 45.9 Å². The second-order valence-corrected chi connectivity index (χ2v) is 38.8. The van der Waals surface area contributed by atoms with Crippen LogP contribution in [-0.4, -0.2) is 141 Å². The minimum atomic E-state index is -0.859. The van der Waals surface area contributed by atoms with Gasteiger partial charge in [0.2, 0.25) is 28.7 Å². The Morgan fingerprint density at radius 1 is 0.347 bits per heavy atom. The molecule has 19 rings (SSSR count). The summed E-state index contributed by atoms with van der Waals surface area (Å²) in [5, 5.41) is 9.97. The average Bonchev–Trinajstić information content (AvgIpc) is 1.76. The molecule has 147 heavy (non-hydrogen) atoms. The minimum Gasteiger partial charge on any atom is -0.479 e. The number of hydrogen-bond acceptors (Lipinski definition) is 27. The standard InChI is InChI=1S/C24H21BrFN3O3.2C24H22FN3O3.C19H21BrN2O5.C19H22N2O5/c25-12-14-4-8-16(9-5-14)22-28-20(23(30)27-13-15-6-10-17(26)11-7-15)21-24(29-22)32-19-3-1-2-18(19)31-21;2*1-14-5-9-16(10-6-14)22-27-20(23(29)26-13-15-7-11-17(25)12-8-15)21-24(28-22)31-19-4-2-3-18(19)30-21;1-19(2,3)18(25)27-14-13(17(24)26-5)21-15(22(4)16(14)23)12-8-6-11(10-20)7-9-12;1-11-7-9-12(10-8-11)15-20-13(17(23)25-6)14(16(22)21(15)5)26-18(24)19(2,3)4/h4-11,18-19H,1-3,12-13H2,(H,27,30);2*5-12,18-19H,2-4,13H2,1H3,(H,26,29);6-9H,10H2,1-5H3;7-10H,1-6H3/t3*18-,19+;;/m000../s1. The molecule has 8 heterocycles. The lowest BCUT2D eigenvalue weighted by Gasteiger charge is -2.29. The van der Waals surface area contributed by atoms with Gasteiger partial charge in [0.25, 0.3) is 46.5 Å². The van der Waals surface area contributed by atoms with Crippen LogP contribution < -0.4 is 65.0 Å². The Morgan fingerprint density at radius 3 is 0.850 bits per heavy atom. The predicted molar refractivity (Wildman–Crippen MR) is 545 cm³/mol. The zero-order chi connectivity index (χ0) is 105. The van der Waals surface area contributed by atoms with Crippen LogP contribution in [0.15, 0.2) is 204 Å². The highest BCUT2D eigenvalue weighted by atomic mass is 79.9. The van der Waals surface area contributed by atoms with Gasteiger partial charge in [-0.2, -0.15) is 15.0 Å². The van der Waals surface area contributed by atoms with E-state index in [4.69, 9.17) is 47.4 Å². The highest BCUT2D eigenvalue weighted by Gasteiger charge is 2.44. The van der Waals surface area contributed by atoms with Crippen LogP contribution in [0.25, 0.3) is 56.9 Å². The molecule has 6 atom stereocenters. The lowest BCUT2D eigenvalue weighted by atomic mass is 9.97. The number of fused-ring (bicyclic) bond motifs is 6. The van der Waals surface area contributed by atoms with E-state index < -0.39 is 75.0 Å². The summed E-state index contributed by atoms with van der Waals surface area (Å²) in [7, 11) is 5.34. The summed E-state index contributed by atoms with van der Waals surface area (Å²) in [6.07, 6.45) is 7.90. The van der Waals surface area contributed by atoms with Crippen LogP contribution in [0, 0.1) is 49.1 Å². The van der Waals surface area contributed by atoms with Crippen molar-refractivity contribution in [2.45, 2.75) is 187 Å². The summed E-state index contributed by atoms with van der Waals surface area (Å²) in [6, 6.07) is 55.9. The molecule has 13 aromatic rings. The molecule has 3 fully saturated rings. The first-order chi connectivity index (χ1) is 70.4. The summed E-state index contributed by atoms with van der Waals surface area (Å²) >= 11 is 6.82. The van der Waals surface area contributed by atoms with E-state index in [2.05, 4.69) is 87.7 Å². The summed E-state index contributed by atoms with van der Waals surface area (Å²) in [6.45, 7) is 16.5. The van der Waals surface area contributed by atoms with Crippen molar-refractivity contribution in [2.75, 3.05) is 14.2 Å². The second-order valence-electron chi connectivity index (χ2n) is 37.7. The van der Waals surface area contributed by atoms with Gasteiger partial charge in [0, 0.05) is 72.2 Å². The summed E-state index contributed by atoms with van der Waals surface area (Å²) in [5.41, 5.74) is 8.20. The van der Waals surface area contributed by atoms with Gasteiger partial charge in [-0.3, -0.25) is 42.7 Å². The van der Waals surface area contributed by atoms with Gasteiger partial charge in [-0.15, -0.1) is 0 Å². The maximum absolute atomic E-state index is 13.2. The van der Waals surface area contributed by atoms with E-state index in [-0.39, 0.29) is 131 Å². The number of rotatable bonds is 20. The van der Waals surface area contributed by atoms with Gasteiger partial charge in [-0.05, 0) is 184 Å². The Morgan fingerprint density at radius 2 is 0.592 bits per heavy atom. The minimum absolute atomic E-state index is 0.0524. The van der Waals surface area contributed by atoms with Crippen molar-refractivity contribution in [3.05, 3.63) is 305 Å². The van der Waals surface area contributed by atoms with E-state index in [1.165, 1.54) is 73.8 Å². The van der Waals surface area contributed by atoms with Crippen molar-refractivity contribution < 1.29 is 94.1 Å². The van der Waals surface area contributed by atoms with Crippen molar-refractivity contribution in [3.8, 4) is 103 Å². The first-order valence-electron chi connectivity index (χ1n) is 47.6. The number of aromatic nitrogens is 10. The van der Waals surface area contributed by atoms with Crippen LogP contribution in [0.2, 0.25) is 0 Å². The third kappa shape index (κ3) is 25.8. The number of amides is 3. The number of aryl methyl sites for hydroxylation is 3. The topological polar surface area (TPSA) is 395 Å². The SMILES string of the molecule is COC(=O)c1nc(-c2ccc(C)cc2)n(C)c(=O)c1OC(=O)C(C)(C)C.COC(=O)c1nc(-c2ccc(CBr)cc2)n(C)c(=O)c1OC(=O)C(C)(C)C.Cc1ccc(-c2nc3c(c(C(=O)NCc4ccc(F)cc4)n2)O[C@H]2CCC[C@H]2O3)cc1.Cc1ccc(-c2nc3c(c(C(=O)NCc4ccc(F)cc4)n2)O[C@H]2CCC[C@H]2O3)cc1.O=C(NCc1ccc(F)cc1)c1nc(-c2ccc(CBr)cc2)nc2c1O[C@H]1CCC[C@H]1O2. The fourth-order valence-electron chi connectivity index (χ4n) is 16.1. The Kier molecular flexibility index (Phi) is 33.7. The molecule has 3 N–H and O–H groups in total. The smallest absolute Gasteiger partial charge is 0.360 e. The molecule has 0 bridgehead atoms. The van der Waals surface area contributed by atoms with Crippen LogP contribution in [0.3, 0.4) is 0 Å². The molecule has 0 unspecified atom stereocenters. The van der Waals surface area contributed by atoms with Gasteiger partial charge in [0.1, 0.15) is 65.7 Å². The fourth-order valence-corrected chi connectivity index (χ4v) is 16.8. The zero-order valence-electron chi connectivity index (χ0n) is 83.0. The van der Waals surface area contributed by atoms with Gasteiger partial charge in [0.05, 0.1) is 25.0 Å². The van der Waals surface area contributed by atoms with Crippen molar-refractivity contribution in [1.82, 2.24) is 65.0 Å². The molecule has 0 radical (unpaired) electrons. The first kappa shape index (κ1) is 106. The van der Waals surface area contributed by atoms with E-state index in [9.17, 15) is 56.3 Å². The Bertz CT molecular complexity index is 7000. The van der Waals surface area contributed by atoms with Crippen LogP contribution in [-0.2, 0) is 63.5 Å². The van der Waals surface area contributed by atoms with Crippen LogP contribution in [0.1, 0.15) is 196 Å². The molecule has 762 valence electrons. The highest BCUT2D eigenvalue weighted by molar-refractivity contribution is 9.08. The number of nitrogens with zero attached hydrogens (tertiary/aromatic N) is 10. The molecule has 3 aliphatic carbocycles. The molecule has 3 aliphatic heterocycles. The summed E-state index contributed by atoms with van der Waals surface area (Å²) in [5.74, 6) is -2.51. The van der Waals surface area contributed by atoms with Gasteiger partial charge in [-0.1, -0.05) is 206 Å². The summed E-state index contributed by atoms with van der Waals surface area (Å²) in [4.78, 5) is 149. The number of benzene rings is 8. The maximum Gasteiger partial charge on any atom is 0.360 e. The number of esters is 4. The molecule has 5 aromatic heterocycles. The Labute approximate surface area is 862 Å². The molecule has 3 amide bonds. The monoisotopic (exact) mass is 2130 g/mol. The normalized spacial score (nSPS) is 16.1. The molecule has 6 aliphatic rings. The third-order valence-electron chi connectivity index (χ3n) is 24.6. The van der Waals surface area contributed by atoms with Crippen molar-refractivity contribution in [1.29, 1.82) is 0 Å². The molecule has 3 saturated carbocycles. The van der Waals surface area contributed by atoms with E-state index in [1.54, 1.807) is 102 Å². The van der Waals surface area contributed by atoms with Crippen molar-refractivity contribution >= 4 is 73.5 Å². The number of halogens is 5. The number of nitrogens with one attached hydrogen (secondary N) is 3. The molecule has 8 aromatic carbocycles. The number of ether oxygens (including phenoxy) is 10. The quantitative estimate of drug-likeness (QED) is 0.0471. The Hall–Kier alpha value is -15.4. The zero-order valence-corrected chi connectivity index (χ0v) is 86.1. The molecule has 37 heteroatoms. The van der Waals surface area contributed by atoms with Crippen molar-refractivity contribution in [2.24, 2.45) is 24.9 Å². The molecular formula is C110H108Br2F3N13O19. The average molecular weight is 2130 g/mol. The number of methoxy groups -OCH3 is 2. The van der Waals surface area contributed by atoms with E-state index in [1.807, 2.05) is 118 Å². The van der Waals surface area contributed by atoms with E-state index in [0.29, 0.717) is 51.6 Å². The number of hydrogen-bond donors (Lipinski definition) is 3. The van der Waals surface area contributed by atoms with Gasteiger partial charge >= 0.3 is 23.9 Å². The van der Waals surface area contributed by atoms with E-state index in [0.717, 1.165) is 124 Å². The molecule has 0 saturated heterocycles. The van der Waals surface area contributed by atoms with E-state index >= 15 is 0 Å².